The fourth-order valence-electron chi connectivity index (χ4n) is 3.81. The van der Waals surface area contributed by atoms with Crippen LogP contribution in [0.3, 0.4) is 0 Å². The molecule has 40 heavy (non-hydrogen) atoms. The summed E-state index contributed by atoms with van der Waals surface area (Å²) >= 11 is 1.08. The molecule has 218 valence electrons. The number of oxime groups is 1. The molecular formula is C27H35F2N5O5S. The molecule has 3 rings (SSSR count). The van der Waals surface area contributed by atoms with Crippen LogP contribution in [-0.4, -0.2) is 52.9 Å². The van der Waals surface area contributed by atoms with Gasteiger partial charge in [0.05, 0.1) is 6.54 Å². The third-order valence-corrected chi connectivity index (χ3v) is 6.90. The number of guanidine groups is 1. The van der Waals surface area contributed by atoms with E-state index in [2.05, 4.69) is 10.6 Å². The first-order chi connectivity index (χ1) is 18.5. The van der Waals surface area contributed by atoms with E-state index in [1.165, 1.54) is 12.1 Å². The van der Waals surface area contributed by atoms with E-state index in [0.717, 1.165) is 34.9 Å². The van der Waals surface area contributed by atoms with Gasteiger partial charge in [-0.1, -0.05) is 42.1 Å². The SMILES string of the molecule is CO/N=C(\N)N1NC(CN(C(=O)OC(C)(C)C)C(=O)OC(C)(C)C)(c2ccccc2)SC1c1cc(F)ccc1F. The van der Waals surface area contributed by atoms with Crippen LogP contribution >= 0.6 is 11.8 Å². The predicted molar refractivity (Wildman–Crippen MR) is 148 cm³/mol. The molecular weight excluding hydrogens is 544 g/mol. The minimum absolute atomic E-state index is 0.0503. The van der Waals surface area contributed by atoms with Crippen LogP contribution in [0, 0.1) is 11.6 Å². The van der Waals surface area contributed by atoms with Gasteiger partial charge in [0, 0.05) is 5.56 Å². The van der Waals surface area contributed by atoms with Crippen molar-refractivity contribution in [3.8, 4) is 0 Å². The number of nitrogens with zero attached hydrogens (tertiary/aromatic N) is 3. The Morgan fingerprint density at radius 1 is 1.05 bits per heavy atom. The molecule has 0 spiro atoms. The number of hydrogen-bond donors (Lipinski definition) is 2. The molecule has 1 fully saturated rings. The van der Waals surface area contributed by atoms with Crippen LogP contribution in [0.5, 0.6) is 0 Å². The highest BCUT2D eigenvalue weighted by molar-refractivity contribution is 8.00. The maximum Gasteiger partial charge on any atom is 0.419 e. The summed E-state index contributed by atoms with van der Waals surface area (Å²) in [6, 6.07) is 11.9. The summed E-state index contributed by atoms with van der Waals surface area (Å²) in [4.78, 5) is 31.1. The summed E-state index contributed by atoms with van der Waals surface area (Å²) in [5.41, 5.74) is 8.05. The zero-order valence-electron chi connectivity index (χ0n) is 23.5. The van der Waals surface area contributed by atoms with Crippen molar-refractivity contribution in [2.24, 2.45) is 10.9 Å². The zero-order valence-corrected chi connectivity index (χ0v) is 24.3. The van der Waals surface area contributed by atoms with Crippen molar-refractivity contribution in [2.75, 3.05) is 13.7 Å². The number of hydrazine groups is 1. The highest BCUT2D eigenvalue weighted by Crippen LogP contribution is 2.52. The molecule has 2 amide bonds. The smallest absolute Gasteiger partial charge is 0.419 e. The molecule has 10 nitrogen and oxygen atoms in total. The Hall–Kier alpha value is -3.58. The van der Waals surface area contributed by atoms with Crippen LogP contribution in [0.25, 0.3) is 0 Å². The topological polar surface area (TPSA) is 119 Å². The molecule has 2 aromatic carbocycles. The largest absolute Gasteiger partial charge is 0.443 e. The third-order valence-electron chi connectivity index (χ3n) is 5.35. The van der Waals surface area contributed by atoms with Gasteiger partial charge in [-0.2, -0.15) is 0 Å². The monoisotopic (exact) mass is 579 g/mol. The lowest BCUT2D eigenvalue weighted by atomic mass is 10.1. The Balaban J connectivity index is 2.18. The minimum Gasteiger partial charge on any atom is -0.443 e. The summed E-state index contributed by atoms with van der Waals surface area (Å²) in [6.45, 7) is 9.65. The molecule has 1 aliphatic heterocycles. The van der Waals surface area contributed by atoms with Gasteiger partial charge in [0.15, 0.2) is 0 Å². The fourth-order valence-corrected chi connectivity index (χ4v) is 5.39. The summed E-state index contributed by atoms with van der Waals surface area (Å²) in [5, 5.41) is 4.06. The minimum atomic E-state index is -1.35. The lowest BCUT2D eigenvalue weighted by Crippen LogP contribution is -2.56. The maximum atomic E-state index is 15.1. The van der Waals surface area contributed by atoms with Crippen LogP contribution in [0.4, 0.5) is 18.4 Å². The summed E-state index contributed by atoms with van der Waals surface area (Å²) < 4.78 is 40.5. The number of thioether (sulfide) groups is 1. The van der Waals surface area contributed by atoms with Crippen LogP contribution in [0.15, 0.2) is 53.7 Å². The first kappa shape index (κ1) is 31.0. The second-order valence-corrected chi connectivity index (χ2v) is 12.4. The molecule has 0 aliphatic carbocycles. The average molecular weight is 580 g/mol. The van der Waals surface area contributed by atoms with Gasteiger partial charge >= 0.3 is 12.2 Å². The molecule has 2 aromatic rings. The Labute approximate surface area is 236 Å². The number of imide groups is 1. The van der Waals surface area contributed by atoms with Crippen LogP contribution in [-0.2, 0) is 19.2 Å². The lowest BCUT2D eigenvalue weighted by Gasteiger charge is -2.35. The standard InChI is InChI=1S/C27H35F2N5O5S/c1-25(2,3)38-23(35)33(24(36)39-26(4,5)6)16-27(17-11-9-8-10-12-17)32-34(22(30)31-37-7)21(40-27)19-15-18(28)13-14-20(19)29/h8-15,21,32H,16H2,1-7H3,(H2,30,31). The molecule has 3 N–H and O–H groups in total. The fraction of sp³-hybridized carbons (Fsp3) is 0.444. The third kappa shape index (κ3) is 7.54. The van der Waals surface area contributed by atoms with Crippen LogP contribution in [0.2, 0.25) is 0 Å². The summed E-state index contributed by atoms with van der Waals surface area (Å²) in [7, 11) is 1.28. The Kier molecular flexibility index (Phi) is 9.20. The van der Waals surface area contributed by atoms with Gasteiger partial charge in [-0.05, 0) is 70.5 Å². The van der Waals surface area contributed by atoms with Crippen molar-refractivity contribution in [3.63, 3.8) is 0 Å². The van der Waals surface area contributed by atoms with Gasteiger partial charge in [0.1, 0.15) is 40.2 Å². The normalized spacial score (nSPS) is 19.8. The van der Waals surface area contributed by atoms with E-state index < -0.39 is 45.3 Å². The van der Waals surface area contributed by atoms with Gasteiger partial charge < -0.3 is 20.0 Å². The van der Waals surface area contributed by atoms with Crippen LogP contribution in [0.1, 0.15) is 58.0 Å². The number of nitrogens with two attached hydrogens (primary N) is 1. The van der Waals surface area contributed by atoms with Crippen molar-refractivity contribution < 1.29 is 32.7 Å². The summed E-state index contributed by atoms with van der Waals surface area (Å²) in [6.07, 6.45) is -1.91. The zero-order chi connectivity index (χ0) is 29.9. The number of halogens is 2. The number of carbonyl (C=O) groups excluding carboxylic acids is 2. The molecule has 2 atom stereocenters. The van der Waals surface area contributed by atoms with Crippen molar-refractivity contribution in [1.29, 1.82) is 0 Å². The molecule has 0 saturated carbocycles. The average Bonchev–Trinajstić information content (AvgIpc) is 3.23. The highest BCUT2D eigenvalue weighted by atomic mass is 32.2. The Morgan fingerprint density at radius 2 is 1.62 bits per heavy atom. The number of ether oxygens (including phenoxy) is 2. The number of amides is 2. The first-order valence-corrected chi connectivity index (χ1v) is 13.3. The molecule has 1 aliphatic rings. The van der Waals surface area contributed by atoms with E-state index in [1.807, 2.05) is 0 Å². The molecule has 1 heterocycles. The first-order valence-electron chi connectivity index (χ1n) is 12.4. The highest BCUT2D eigenvalue weighted by Gasteiger charge is 2.51. The maximum absolute atomic E-state index is 15.1. The van der Waals surface area contributed by atoms with Gasteiger partial charge in [0.25, 0.3) is 0 Å². The van der Waals surface area contributed by atoms with E-state index in [9.17, 15) is 14.0 Å². The van der Waals surface area contributed by atoms with Crippen molar-refractivity contribution in [3.05, 3.63) is 71.3 Å². The van der Waals surface area contributed by atoms with E-state index in [0.29, 0.717) is 5.56 Å². The van der Waals surface area contributed by atoms with Crippen LogP contribution < -0.4 is 11.2 Å². The van der Waals surface area contributed by atoms with E-state index >= 15 is 4.39 Å². The van der Waals surface area contributed by atoms with Gasteiger partial charge in [-0.25, -0.2) is 28.7 Å². The molecule has 1 saturated heterocycles. The molecule has 0 radical (unpaired) electrons. The van der Waals surface area contributed by atoms with Gasteiger partial charge in [-0.3, -0.25) is 5.01 Å². The van der Waals surface area contributed by atoms with Crippen molar-refractivity contribution in [1.82, 2.24) is 15.3 Å². The number of benzene rings is 2. The molecule has 2 unspecified atom stereocenters. The van der Waals surface area contributed by atoms with Crippen molar-refractivity contribution in [2.45, 2.75) is 63.0 Å². The van der Waals surface area contributed by atoms with Gasteiger partial charge in [-0.15, -0.1) is 0 Å². The molecule has 13 heteroatoms. The summed E-state index contributed by atoms with van der Waals surface area (Å²) in [5.74, 6) is -1.57. The molecule has 0 aromatic heterocycles. The lowest BCUT2D eigenvalue weighted by molar-refractivity contribution is -0.00223. The van der Waals surface area contributed by atoms with Gasteiger partial charge in [0.2, 0.25) is 5.96 Å². The number of carbonyl (C=O) groups is 2. The Morgan fingerprint density at radius 3 is 2.15 bits per heavy atom. The van der Waals surface area contributed by atoms with E-state index in [1.54, 1.807) is 71.9 Å². The number of nitrogens with one attached hydrogen (secondary N) is 1. The second kappa shape index (κ2) is 11.9. The Bertz CT molecular complexity index is 1220. The molecule has 0 bridgehead atoms. The number of rotatable bonds is 5. The quantitative estimate of drug-likeness (QED) is 0.272. The van der Waals surface area contributed by atoms with E-state index in [-0.39, 0.29) is 18.1 Å². The second-order valence-electron chi connectivity index (χ2n) is 11.0. The van der Waals surface area contributed by atoms with Crippen molar-refractivity contribution >= 4 is 29.9 Å². The number of hydrogen-bond acceptors (Lipinski definition) is 8. The van der Waals surface area contributed by atoms with E-state index in [4.69, 9.17) is 20.0 Å². The predicted octanol–water partition coefficient (Wildman–Crippen LogP) is 5.42.